The standard InChI is InChI=1S/C5H6O.C2H4O2/c6-4-5-2-1-3-5;1-4-2-3/h1-3H2;2H,1H3. The Bertz CT molecular complexity index is 139. The van der Waals surface area contributed by atoms with Gasteiger partial charge in [-0.15, -0.1) is 0 Å². The second-order valence-electron chi connectivity index (χ2n) is 1.89. The van der Waals surface area contributed by atoms with Crippen molar-refractivity contribution in [2.24, 2.45) is 0 Å². The van der Waals surface area contributed by atoms with Crippen LogP contribution in [0.4, 0.5) is 0 Å². The van der Waals surface area contributed by atoms with Crippen LogP contribution in [0.3, 0.4) is 0 Å². The zero-order valence-electron chi connectivity index (χ0n) is 5.92. The molecule has 0 aromatic rings. The number of allylic oxidation sites excluding steroid dienone is 1. The highest BCUT2D eigenvalue weighted by molar-refractivity contribution is 5.54. The van der Waals surface area contributed by atoms with Crippen LogP contribution in [0.1, 0.15) is 19.3 Å². The van der Waals surface area contributed by atoms with Gasteiger partial charge >= 0.3 is 0 Å². The van der Waals surface area contributed by atoms with E-state index in [9.17, 15) is 4.79 Å². The first-order valence-electron chi connectivity index (χ1n) is 3.04. The summed E-state index contributed by atoms with van der Waals surface area (Å²) in [5, 5.41) is 0. The molecule has 3 nitrogen and oxygen atoms in total. The molecule has 1 fully saturated rings. The van der Waals surface area contributed by atoms with Gasteiger partial charge in [0.25, 0.3) is 6.47 Å². The zero-order chi connectivity index (χ0) is 7.82. The monoisotopic (exact) mass is 142 g/mol. The molecule has 56 valence electrons. The fourth-order valence-corrected chi connectivity index (χ4v) is 0.456. The predicted octanol–water partition coefficient (Wildman–Crippen LogP) is 0.717. The molecule has 0 saturated heterocycles. The Hall–Kier alpha value is -1.08. The minimum atomic E-state index is 0.375. The van der Waals surface area contributed by atoms with Crippen LogP contribution in [0, 0.1) is 0 Å². The Morgan fingerprint density at radius 1 is 1.60 bits per heavy atom. The topological polar surface area (TPSA) is 43.4 Å². The van der Waals surface area contributed by atoms with Crippen molar-refractivity contribution in [3.8, 4) is 0 Å². The Labute approximate surface area is 59.7 Å². The second kappa shape index (κ2) is 6.05. The van der Waals surface area contributed by atoms with Crippen molar-refractivity contribution in [1.29, 1.82) is 0 Å². The van der Waals surface area contributed by atoms with Crippen molar-refractivity contribution >= 4 is 12.4 Å². The van der Waals surface area contributed by atoms with E-state index in [0.717, 1.165) is 18.4 Å². The molecule has 0 spiro atoms. The Morgan fingerprint density at radius 3 is 2.10 bits per heavy atom. The van der Waals surface area contributed by atoms with E-state index in [-0.39, 0.29) is 0 Å². The van der Waals surface area contributed by atoms with Crippen LogP contribution in [0.15, 0.2) is 5.57 Å². The van der Waals surface area contributed by atoms with E-state index in [2.05, 4.69) is 4.74 Å². The van der Waals surface area contributed by atoms with E-state index < -0.39 is 0 Å². The number of carbonyl (C=O) groups excluding carboxylic acids is 2. The van der Waals surface area contributed by atoms with E-state index in [0.29, 0.717) is 6.47 Å². The number of methoxy groups -OCH3 is 1. The highest BCUT2D eigenvalue weighted by atomic mass is 16.5. The summed E-state index contributed by atoms with van der Waals surface area (Å²) in [5.41, 5.74) is 0.968. The lowest BCUT2D eigenvalue weighted by Gasteiger charge is -2.08. The van der Waals surface area contributed by atoms with Gasteiger partial charge in [0.15, 0.2) is 0 Å². The highest BCUT2D eigenvalue weighted by Crippen LogP contribution is 2.21. The van der Waals surface area contributed by atoms with E-state index in [1.165, 1.54) is 13.5 Å². The third kappa shape index (κ3) is 3.87. The number of hydrogen-bond donors (Lipinski definition) is 0. The van der Waals surface area contributed by atoms with Gasteiger partial charge < -0.3 is 4.74 Å². The molecule has 0 bridgehead atoms. The molecule has 0 N–H and O–H groups in total. The van der Waals surface area contributed by atoms with Crippen LogP contribution in [0.25, 0.3) is 0 Å². The summed E-state index contributed by atoms with van der Waals surface area (Å²) in [6, 6.07) is 0. The Morgan fingerprint density at radius 2 is 2.10 bits per heavy atom. The number of rotatable bonds is 1. The Kier molecular flexibility index (Phi) is 5.39. The van der Waals surface area contributed by atoms with E-state index in [1.807, 2.05) is 5.94 Å². The first-order valence-corrected chi connectivity index (χ1v) is 3.04. The first kappa shape index (κ1) is 8.92. The van der Waals surface area contributed by atoms with Crippen molar-refractivity contribution in [1.82, 2.24) is 0 Å². The summed E-state index contributed by atoms with van der Waals surface area (Å²) in [6.45, 7) is 0.375. The molecule has 1 saturated carbocycles. The molecule has 0 aromatic carbocycles. The molecule has 0 aliphatic heterocycles. The molecule has 0 radical (unpaired) electrons. The summed E-state index contributed by atoms with van der Waals surface area (Å²) >= 11 is 0. The summed E-state index contributed by atoms with van der Waals surface area (Å²) in [4.78, 5) is 18.6. The number of ether oxygens (including phenoxy) is 1. The van der Waals surface area contributed by atoms with E-state index in [1.54, 1.807) is 0 Å². The predicted molar refractivity (Wildman–Crippen MR) is 36.1 cm³/mol. The molecule has 0 atom stereocenters. The third-order valence-electron chi connectivity index (χ3n) is 1.20. The van der Waals surface area contributed by atoms with Gasteiger partial charge in [0.2, 0.25) is 0 Å². The van der Waals surface area contributed by atoms with Gasteiger partial charge in [0.05, 0.1) is 7.11 Å². The lowest BCUT2D eigenvalue weighted by molar-refractivity contribution is -0.126. The maximum absolute atomic E-state index is 9.63. The van der Waals surface area contributed by atoms with Crippen LogP contribution < -0.4 is 0 Å². The van der Waals surface area contributed by atoms with Crippen molar-refractivity contribution in [2.45, 2.75) is 19.3 Å². The van der Waals surface area contributed by atoms with Gasteiger partial charge in [-0.05, 0) is 19.3 Å². The van der Waals surface area contributed by atoms with Gasteiger partial charge in [-0.1, -0.05) is 0 Å². The van der Waals surface area contributed by atoms with Crippen LogP contribution >= 0.6 is 0 Å². The average molecular weight is 142 g/mol. The summed E-state index contributed by atoms with van der Waals surface area (Å²) < 4.78 is 3.86. The maximum Gasteiger partial charge on any atom is 0.292 e. The Balaban J connectivity index is 0.000000180. The normalized spacial score (nSPS) is 13.5. The molecular formula is C7H10O3. The van der Waals surface area contributed by atoms with Crippen molar-refractivity contribution in [3.63, 3.8) is 0 Å². The summed E-state index contributed by atoms with van der Waals surface area (Å²) in [5.74, 6) is 1.87. The smallest absolute Gasteiger partial charge is 0.292 e. The molecule has 0 unspecified atom stereocenters. The SMILES string of the molecule is COC=O.O=C=C1CCC1. The molecule has 1 aliphatic rings. The van der Waals surface area contributed by atoms with Crippen LogP contribution in [-0.4, -0.2) is 19.5 Å². The largest absolute Gasteiger partial charge is 0.471 e. The third-order valence-corrected chi connectivity index (χ3v) is 1.20. The quantitative estimate of drug-likeness (QED) is 0.400. The summed E-state index contributed by atoms with van der Waals surface area (Å²) in [7, 11) is 1.31. The van der Waals surface area contributed by atoms with Gasteiger partial charge in [-0.3, -0.25) is 4.79 Å². The maximum atomic E-state index is 9.63. The minimum absolute atomic E-state index is 0.375. The highest BCUT2D eigenvalue weighted by Gasteiger charge is 2.07. The minimum Gasteiger partial charge on any atom is -0.471 e. The van der Waals surface area contributed by atoms with Crippen LogP contribution in [0.2, 0.25) is 0 Å². The van der Waals surface area contributed by atoms with Gasteiger partial charge in [-0.25, -0.2) is 4.79 Å². The fourth-order valence-electron chi connectivity index (χ4n) is 0.456. The first-order chi connectivity index (χ1) is 4.85. The molecule has 1 aliphatic carbocycles. The zero-order valence-corrected chi connectivity index (χ0v) is 5.92. The second-order valence-corrected chi connectivity index (χ2v) is 1.89. The number of hydrogen-bond acceptors (Lipinski definition) is 3. The van der Waals surface area contributed by atoms with Crippen molar-refractivity contribution in [2.75, 3.05) is 7.11 Å². The van der Waals surface area contributed by atoms with Gasteiger partial charge in [-0.2, -0.15) is 0 Å². The summed E-state index contributed by atoms with van der Waals surface area (Å²) in [6.07, 6.45) is 3.21. The lowest BCUT2D eigenvalue weighted by Crippen LogP contribution is -1.95. The fraction of sp³-hybridized carbons (Fsp3) is 0.571. The molecule has 0 aromatic heterocycles. The molecule has 1 rings (SSSR count). The van der Waals surface area contributed by atoms with Crippen molar-refractivity contribution in [3.05, 3.63) is 5.57 Å². The van der Waals surface area contributed by atoms with Crippen LogP contribution in [0.5, 0.6) is 0 Å². The lowest BCUT2D eigenvalue weighted by atomic mass is 9.94. The molecule has 3 heteroatoms. The molecule has 10 heavy (non-hydrogen) atoms. The average Bonchev–Trinajstić information content (AvgIpc) is 1.87. The molecule has 0 amide bonds. The van der Waals surface area contributed by atoms with Crippen LogP contribution in [-0.2, 0) is 14.3 Å². The van der Waals surface area contributed by atoms with Gasteiger partial charge in [0.1, 0.15) is 5.94 Å². The molecular weight excluding hydrogens is 132 g/mol. The van der Waals surface area contributed by atoms with Gasteiger partial charge in [0, 0.05) is 5.57 Å². The molecule has 0 heterocycles. The van der Waals surface area contributed by atoms with Crippen molar-refractivity contribution < 1.29 is 14.3 Å². The number of carbonyl (C=O) groups is 1. The van der Waals surface area contributed by atoms with E-state index in [4.69, 9.17) is 4.79 Å². The van der Waals surface area contributed by atoms with E-state index >= 15 is 0 Å².